The van der Waals surface area contributed by atoms with Gasteiger partial charge in [-0.1, -0.05) is 13.0 Å². The number of aryl methyl sites for hydroxylation is 1. The van der Waals surface area contributed by atoms with Gasteiger partial charge in [0.2, 0.25) is 0 Å². The molecule has 1 rings (SSSR count). The van der Waals surface area contributed by atoms with Gasteiger partial charge in [-0.05, 0) is 24.1 Å². The number of hydrogen-bond donors (Lipinski definition) is 1. The molecule has 0 unspecified atom stereocenters. The summed E-state index contributed by atoms with van der Waals surface area (Å²) >= 11 is 0. The highest BCUT2D eigenvalue weighted by Gasteiger charge is 1.98. The van der Waals surface area contributed by atoms with Gasteiger partial charge in [0.25, 0.3) is 0 Å². The lowest BCUT2D eigenvalue weighted by Gasteiger charge is -2.05. The Labute approximate surface area is 66.2 Å². The predicted octanol–water partition coefficient (Wildman–Crippen LogP) is 2.43. The molecule has 11 heavy (non-hydrogen) atoms. The molecular formula is C9H12FN. The molecule has 0 atom stereocenters. The minimum absolute atomic E-state index is 0.188. The summed E-state index contributed by atoms with van der Waals surface area (Å²) in [5.41, 5.74) is 2.03. The van der Waals surface area contributed by atoms with E-state index < -0.39 is 0 Å². The lowest BCUT2D eigenvalue weighted by molar-refractivity contribution is 0.627. The molecule has 0 bridgehead atoms. The van der Waals surface area contributed by atoms with Crippen LogP contribution in [0.15, 0.2) is 18.2 Å². The molecular weight excluding hydrogens is 141 g/mol. The Morgan fingerprint density at radius 3 is 2.73 bits per heavy atom. The first-order chi connectivity index (χ1) is 5.27. The average Bonchev–Trinajstić information content (AvgIpc) is 2.04. The predicted molar refractivity (Wildman–Crippen MR) is 45.3 cm³/mol. The van der Waals surface area contributed by atoms with Crippen LogP contribution >= 0.6 is 0 Å². The van der Waals surface area contributed by atoms with E-state index in [-0.39, 0.29) is 5.82 Å². The normalized spacial score (nSPS) is 9.73. The zero-order valence-electron chi connectivity index (χ0n) is 6.82. The quantitative estimate of drug-likeness (QED) is 0.688. The number of rotatable bonds is 2. The Morgan fingerprint density at radius 1 is 1.45 bits per heavy atom. The van der Waals surface area contributed by atoms with E-state index in [0.717, 1.165) is 17.7 Å². The summed E-state index contributed by atoms with van der Waals surface area (Å²) in [4.78, 5) is 0. The van der Waals surface area contributed by atoms with Gasteiger partial charge in [-0.15, -0.1) is 0 Å². The van der Waals surface area contributed by atoms with Crippen molar-refractivity contribution in [2.75, 3.05) is 12.4 Å². The Bertz CT molecular complexity index is 245. The van der Waals surface area contributed by atoms with E-state index in [0.29, 0.717) is 0 Å². The highest BCUT2D eigenvalue weighted by molar-refractivity contribution is 5.50. The fourth-order valence-corrected chi connectivity index (χ4v) is 1.09. The second-order valence-electron chi connectivity index (χ2n) is 2.41. The van der Waals surface area contributed by atoms with Crippen molar-refractivity contribution >= 4 is 5.69 Å². The van der Waals surface area contributed by atoms with Crippen LogP contribution < -0.4 is 5.32 Å². The molecule has 0 aliphatic heterocycles. The Morgan fingerprint density at radius 2 is 2.18 bits per heavy atom. The third-order valence-electron chi connectivity index (χ3n) is 1.72. The first-order valence-corrected chi connectivity index (χ1v) is 3.74. The number of benzene rings is 1. The molecule has 60 valence electrons. The SMILES string of the molecule is CCc1ccc(F)cc1NC. The third-order valence-corrected chi connectivity index (χ3v) is 1.72. The van der Waals surface area contributed by atoms with Crippen LogP contribution in [0.25, 0.3) is 0 Å². The van der Waals surface area contributed by atoms with Gasteiger partial charge in [-0.3, -0.25) is 0 Å². The standard InChI is InChI=1S/C9H12FN/c1-3-7-4-5-8(10)6-9(7)11-2/h4-6,11H,3H2,1-2H3. The molecule has 0 radical (unpaired) electrons. The fourth-order valence-electron chi connectivity index (χ4n) is 1.09. The molecule has 1 aromatic carbocycles. The molecule has 1 N–H and O–H groups in total. The van der Waals surface area contributed by atoms with Crippen LogP contribution in [0.4, 0.5) is 10.1 Å². The van der Waals surface area contributed by atoms with Crippen LogP contribution in [0.1, 0.15) is 12.5 Å². The Balaban J connectivity index is 3.06. The topological polar surface area (TPSA) is 12.0 Å². The minimum atomic E-state index is -0.188. The highest BCUT2D eigenvalue weighted by Crippen LogP contribution is 2.16. The van der Waals surface area contributed by atoms with Crippen molar-refractivity contribution in [1.82, 2.24) is 0 Å². The maximum Gasteiger partial charge on any atom is 0.125 e. The summed E-state index contributed by atoms with van der Waals surface area (Å²) in [5, 5.41) is 2.95. The third kappa shape index (κ3) is 1.70. The molecule has 0 saturated carbocycles. The molecule has 0 amide bonds. The van der Waals surface area contributed by atoms with E-state index in [4.69, 9.17) is 0 Å². The van der Waals surface area contributed by atoms with Gasteiger partial charge < -0.3 is 5.32 Å². The summed E-state index contributed by atoms with van der Waals surface area (Å²) in [6.45, 7) is 2.05. The number of halogens is 1. The van der Waals surface area contributed by atoms with Gasteiger partial charge >= 0.3 is 0 Å². The average molecular weight is 153 g/mol. The molecule has 0 fully saturated rings. The molecule has 1 aromatic rings. The smallest absolute Gasteiger partial charge is 0.125 e. The maximum absolute atomic E-state index is 12.6. The van der Waals surface area contributed by atoms with E-state index in [2.05, 4.69) is 5.32 Å². The van der Waals surface area contributed by atoms with Gasteiger partial charge in [0.1, 0.15) is 5.82 Å². The van der Waals surface area contributed by atoms with Crippen molar-refractivity contribution < 1.29 is 4.39 Å². The van der Waals surface area contributed by atoms with E-state index in [1.807, 2.05) is 6.92 Å². The first kappa shape index (κ1) is 8.05. The van der Waals surface area contributed by atoms with Crippen LogP contribution in [0, 0.1) is 5.82 Å². The van der Waals surface area contributed by atoms with Gasteiger partial charge in [-0.25, -0.2) is 4.39 Å². The lowest BCUT2D eigenvalue weighted by atomic mass is 10.1. The van der Waals surface area contributed by atoms with Crippen LogP contribution in [0.5, 0.6) is 0 Å². The Kier molecular flexibility index (Phi) is 2.47. The summed E-state index contributed by atoms with van der Waals surface area (Å²) in [6, 6.07) is 4.81. The highest BCUT2D eigenvalue weighted by atomic mass is 19.1. The summed E-state index contributed by atoms with van der Waals surface area (Å²) < 4.78 is 12.6. The van der Waals surface area contributed by atoms with E-state index in [1.54, 1.807) is 13.1 Å². The van der Waals surface area contributed by atoms with Gasteiger partial charge in [0, 0.05) is 12.7 Å². The van der Waals surface area contributed by atoms with Crippen molar-refractivity contribution in [2.24, 2.45) is 0 Å². The van der Waals surface area contributed by atoms with Crippen LogP contribution in [-0.4, -0.2) is 7.05 Å². The molecule has 2 heteroatoms. The number of nitrogens with one attached hydrogen (secondary N) is 1. The first-order valence-electron chi connectivity index (χ1n) is 3.74. The largest absolute Gasteiger partial charge is 0.388 e. The van der Waals surface area contributed by atoms with E-state index >= 15 is 0 Å². The molecule has 0 aromatic heterocycles. The van der Waals surface area contributed by atoms with Crippen molar-refractivity contribution in [3.05, 3.63) is 29.6 Å². The van der Waals surface area contributed by atoms with Crippen molar-refractivity contribution in [1.29, 1.82) is 0 Å². The van der Waals surface area contributed by atoms with Crippen LogP contribution in [0.2, 0.25) is 0 Å². The zero-order valence-corrected chi connectivity index (χ0v) is 6.82. The molecule has 1 nitrogen and oxygen atoms in total. The monoisotopic (exact) mass is 153 g/mol. The molecule has 0 aliphatic rings. The maximum atomic E-state index is 12.6. The van der Waals surface area contributed by atoms with Gasteiger partial charge in [0.05, 0.1) is 0 Å². The minimum Gasteiger partial charge on any atom is -0.388 e. The van der Waals surface area contributed by atoms with Crippen LogP contribution in [0.3, 0.4) is 0 Å². The van der Waals surface area contributed by atoms with Crippen molar-refractivity contribution in [3.63, 3.8) is 0 Å². The number of hydrogen-bond acceptors (Lipinski definition) is 1. The van der Waals surface area contributed by atoms with Crippen LogP contribution in [-0.2, 0) is 6.42 Å². The Hall–Kier alpha value is -1.05. The van der Waals surface area contributed by atoms with Gasteiger partial charge in [0.15, 0.2) is 0 Å². The second-order valence-corrected chi connectivity index (χ2v) is 2.41. The second kappa shape index (κ2) is 3.37. The summed E-state index contributed by atoms with van der Waals surface area (Å²) in [7, 11) is 1.80. The van der Waals surface area contributed by atoms with Crippen molar-refractivity contribution in [2.45, 2.75) is 13.3 Å². The molecule has 0 spiro atoms. The van der Waals surface area contributed by atoms with E-state index in [1.165, 1.54) is 12.1 Å². The number of anilines is 1. The van der Waals surface area contributed by atoms with Gasteiger partial charge in [-0.2, -0.15) is 0 Å². The lowest BCUT2D eigenvalue weighted by Crippen LogP contribution is -1.94. The summed E-state index contributed by atoms with van der Waals surface area (Å²) in [5.74, 6) is -0.188. The van der Waals surface area contributed by atoms with Crippen molar-refractivity contribution in [3.8, 4) is 0 Å². The molecule has 0 heterocycles. The fraction of sp³-hybridized carbons (Fsp3) is 0.333. The molecule has 0 saturated heterocycles. The molecule has 0 aliphatic carbocycles. The summed E-state index contributed by atoms with van der Waals surface area (Å²) in [6.07, 6.45) is 0.927. The zero-order chi connectivity index (χ0) is 8.27. The van der Waals surface area contributed by atoms with E-state index in [9.17, 15) is 4.39 Å².